The van der Waals surface area contributed by atoms with Gasteiger partial charge in [0.05, 0.1) is 18.8 Å². The zero-order chi connectivity index (χ0) is 17.4. The molecule has 2 aliphatic heterocycles. The van der Waals surface area contributed by atoms with E-state index in [1.165, 1.54) is 4.31 Å². The molecule has 1 spiro atoms. The van der Waals surface area contributed by atoms with Crippen LogP contribution >= 0.6 is 0 Å². The molecule has 0 amide bonds. The predicted molar refractivity (Wildman–Crippen MR) is 90.6 cm³/mol. The van der Waals surface area contributed by atoms with Gasteiger partial charge in [0, 0.05) is 59.7 Å². The van der Waals surface area contributed by atoms with Crippen LogP contribution in [-0.2, 0) is 28.5 Å². The first kappa shape index (κ1) is 17.8. The summed E-state index contributed by atoms with van der Waals surface area (Å²) in [4.78, 5) is 6.73. The van der Waals surface area contributed by atoms with Crippen molar-refractivity contribution >= 4 is 10.2 Å². The number of nitrogens with zero attached hydrogens (tertiary/aromatic N) is 5. The minimum Gasteiger partial charge on any atom is -0.372 e. The molecule has 136 valence electrons. The van der Waals surface area contributed by atoms with Gasteiger partial charge in [-0.25, -0.2) is 4.98 Å². The number of morpholine rings is 1. The zero-order valence-corrected chi connectivity index (χ0v) is 15.5. The Morgan fingerprint density at radius 2 is 2.00 bits per heavy atom. The SMILES string of the molecule is CN(C)S(=O)(=O)N1CCOC2(CCN(Cc3nccn3C)CC2)C1. The van der Waals surface area contributed by atoms with Crippen molar-refractivity contribution < 1.29 is 13.2 Å². The molecule has 0 atom stereocenters. The smallest absolute Gasteiger partial charge is 0.281 e. The maximum Gasteiger partial charge on any atom is 0.281 e. The van der Waals surface area contributed by atoms with Crippen LogP contribution in [-0.4, -0.2) is 84.0 Å². The van der Waals surface area contributed by atoms with Gasteiger partial charge in [0.1, 0.15) is 5.82 Å². The molecule has 0 N–H and O–H groups in total. The fourth-order valence-corrected chi connectivity index (χ4v) is 4.57. The highest BCUT2D eigenvalue weighted by Gasteiger charge is 2.43. The molecule has 2 aliphatic rings. The number of imidazole rings is 1. The van der Waals surface area contributed by atoms with E-state index >= 15 is 0 Å². The van der Waals surface area contributed by atoms with Crippen molar-refractivity contribution in [3.8, 4) is 0 Å². The second kappa shape index (κ2) is 6.72. The summed E-state index contributed by atoms with van der Waals surface area (Å²) in [6.07, 6.45) is 5.46. The molecule has 0 saturated carbocycles. The molecule has 2 saturated heterocycles. The quantitative estimate of drug-likeness (QED) is 0.752. The molecule has 3 heterocycles. The van der Waals surface area contributed by atoms with Gasteiger partial charge in [-0.05, 0) is 12.8 Å². The van der Waals surface area contributed by atoms with Crippen LogP contribution in [0.4, 0.5) is 0 Å². The van der Waals surface area contributed by atoms with Crippen molar-refractivity contribution in [3.63, 3.8) is 0 Å². The molecular formula is C15H27N5O3S. The number of likely N-dealkylation sites (tertiary alicyclic amines) is 1. The summed E-state index contributed by atoms with van der Waals surface area (Å²) in [5.74, 6) is 1.05. The van der Waals surface area contributed by atoms with Crippen LogP contribution in [0.5, 0.6) is 0 Å². The van der Waals surface area contributed by atoms with Crippen molar-refractivity contribution in [3.05, 3.63) is 18.2 Å². The number of aryl methyl sites for hydroxylation is 1. The maximum absolute atomic E-state index is 12.4. The first-order valence-corrected chi connectivity index (χ1v) is 9.72. The molecular weight excluding hydrogens is 330 g/mol. The topological polar surface area (TPSA) is 70.9 Å². The second-order valence-corrected chi connectivity index (χ2v) is 9.03. The Morgan fingerprint density at radius 3 is 2.58 bits per heavy atom. The number of hydrogen-bond acceptors (Lipinski definition) is 5. The minimum atomic E-state index is -3.38. The summed E-state index contributed by atoms with van der Waals surface area (Å²) in [5.41, 5.74) is -0.348. The summed E-state index contributed by atoms with van der Waals surface area (Å²) in [6, 6.07) is 0. The Balaban J connectivity index is 1.61. The zero-order valence-electron chi connectivity index (χ0n) is 14.7. The van der Waals surface area contributed by atoms with Gasteiger partial charge < -0.3 is 9.30 Å². The Labute approximate surface area is 144 Å². The number of aromatic nitrogens is 2. The average Bonchev–Trinajstić information content (AvgIpc) is 2.95. The van der Waals surface area contributed by atoms with Gasteiger partial charge in [-0.3, -0.25) is 4.90 Å². The Hall–Kier alpha value is -1.00. The van der Waals surface area contributed by atoms with E-state index in [1.807, 2.05) is 24.0 Å². The van der Waals surface area contributed by atoms with Gasteiger partial charge in [0.15, 0.2) is 0 Å². The van der Waals surface area contributed by atoms with Crippen LogP contribution < -0.4 is 0 Å². The molecule has 1 aromatic heterocycles. The van der Waals surface area contributed by atoms with Crippen molar-refractivity contribution in [2.75, 3.05) is 46.9 Å². The molecule has 9 heteroatoms. The molecule has 3 rings (SSSR count). The normalized spacial score (nSPS) is 23.2. The van der Waals surface area contributed by atoms with Crippen LogP contribution in [0.1, 0.15) is 18.7 Å². The van der Waals surface area contributed by atoms with E-state index in [2.05, 4.69) is 9.88 Å². The van der Waals surface area contributed by atoms with E-state index in [-0.39, 0.29) is 5.60 Å². The molecule has 8 nitrogen and oxygen atoms in total. The van der Waals surface area contributed by atoms with Gasteiger partial charge in [-0.2, -0.15) is 17.0 Å². The summed E-state index contributed by atoms with van der Waals surface area (Å²) >= 11 is 0. The van der Waals surface area contributed by atoms with Gasteiger partial charge >= 0.3 is 0 Å². The standard InChI is InChI=1S/C15H27N5O3S/c1-17(2)24(21,22)20-10-11-23-15(13-20)4-7-19(8-5-15)12-14-16-6-9-18(14)3/h6,9H,4-5,7-8,10-13H2,1-3H3. The van der Waals surface area contributed by atoms with E-state index in [9.17, 15) is 8.42 Å². The van der Waals surface area contributed by atoms with Crippen LogP contribution in [0.25, 0.3) is 0 Å². The average molecular weight is 357 g/mol. The Morgan fingerprint density at radius 1 is 1.29 bits per heavy atom. The van der Waals surface area contributed by atoms with E-state index in [1.54, 1.807) is 18.4 Å². The van der Waals surface area contributed by atoms with Crippen LogP contribution in [0.3, 0.4) is 0 Å². The van der Waals surface area contributed by atoms with Crippen molar-refractivity contribution in [1.29, 1.82) is 0 Å². The van der Waals surface area contributed by atoms with Crippen molar-refractivity contribution in [2.45, 2.75) is 25.0 Å². The fourth-order valence-electron chi connectivity index (χ4n) is 3.41. The third-order valence-corrected chi connectivity index (χ3v) is 6.94. The first-order chi connectivity index (χ1) is 11.3. The largest absolute Gasteiger partial charge is 0.372 e. The lowest BCUT2D eigenvalue weighted by Gasteiger charge is -2.47. The molecule has 0 aliphatic carbocycles. The summed E-state index contributed by atoms with van der Waals surface area (Å²) in [7, 11) is 1.78. The lowest BCUT2D eigenvalue weighted by Crippen LogP contribution is -2.59. The van der Waals surface area contributed by atoms with Crippen molar-refractivity contribution in [1.82, 2.24) is 23.1 Å². The summed E-state index contributed by atoms with van der Waals surface area (Å²) < 4.78 is 35.7. The molecule has 2 fully saturated rings. The first-order valence-electron chi connectivity index (χ1n) is 8.33. The number of ether oxygens (including phenoxy) is 1. The van der Waals surface area contributed by atoms with Crippen LogP contribution in [0.15, 0.2) is 12.4 Å². The fraction of sp³-hybridized carbons (Fsp3) is 0.800. The lowest BCUT2D eigenvalue weighted by atomic mass is 9.90. The third kappa shape index (κ3) is 3.50. The molecule has 0 bridgehead atoms. The van der Waals surface area contributed by atoms with Crippen LogP contribution in [0.2, 0.25) is 0 Å². The molecule has 0 radical (unpaired) electrons. The summed E-state index contributed by atoms with van der Waals surface area (Å²) in [6.45, 7) is 3.94. The highest BCUT2D eigenvalue weighted by Crippen LogP contribution is 2.31. The van der Waals surface area contributed by atoms with E-state index in [0.29, 0.717) is 19.7 Å². The molecule has 24 heavy (non-hydrogen) atoms. The number of rotatable bonds is 4. The molecule has 0 aromatic carbocycles. The molecule has 0 unspecified atom stereocenters. The Bertz CT molecular complexity index is 664. The highest BCUT2D eigenvalue weighted by molar-refractivity contribution is 7.86. The van der Waals surface area contributed by atoms with E-state index in [0.717, 1.165) is 38.3 Å². The third-order valence-electron chi connectivity index (χ3n) is 5.05. The van der Waals surface area contributed by atoms with Gasteiger partial charge in [-0.15, -0.1) is 0 Å². The second-order valence-electron chi connectivity index (χ2n) is 6.89. The lowest BCUT2D eigenvalue weighted by molar-refractivity contribution is -0.121. The highest BCUT2D eigenvalue weighted by atomic mass is 32.2. The van der Waals surface area contributed by atoms with Gasteiger partial charge in [0.2, 0.25) is 0 Å². The minimum absolute atomic E-state index is 0.348. The van der Waals surface area contributed by atoms with E-state index in [4.69, 9.17) is 4.74 Å². The maximum atomic E-state index is 12.4. The molecule has 1 aromatic rings. The van der Waals surface area contributed by atoms with Crippen molar-refractivity contribution in [2.24, 2.45) is 7.05 Å². The van der Waals surface area contributed by atoms with E-state index < -0.39 is 10.2 Å². The predicted octanol–water partition coefficient (Wildman–Crippen LogP) is -0.107. The Kier molecular flexibility index (Phi) is 4.99. The number of hydrogen-bond donors (Lipinski definition) is 0. The van der Waals surface area contributed by atoms with Crippen LogP contribution in [0, 0.1) is 0 Å². The number of piperidine rings is 1. The van der Waals surface area contributed by atoms with Gasteiger partial charge in [-0.1, -0.05) is 0 Å². The monoisotopic (exact) mass is 357 g/mol. The van der Waals surface area contributed by atoms with Gasteiger partial charge in [0.25, 0.3) is 10.2 Å². The summed E-state index contributed by atoms with van der Waals surface area (Å²) in [5, 5.41) is 0.